The first-order valence-electron chi connectivity index (χ1n) is 6.63. The molecule has 1 aliphatic heterocycles. The van der Waals surface area contributed by atoms with Gasteiger partial charge in [0.15, 0.2) is 0 Å². The molecule has 0 radical (unpaired) electrons. The molecule has 0 saturated carbocycles. The Morgan fingerprint density at radius 1 is 1.47 bits per heavy atom. The Balaban J connectivity index is 1.76. The van der Waals surface area contributed by atoms with E-state index in [-0.39, 0.29) is 5.91 Å². The Labute approximate surface area is 114 Å². The molecule has 102 valence electrons. The summed E-state index contributed by atoms with van der Waals surface area (Å²) in [5, 5.41) is 2.95. The molecule has 4 heteroatoms. The third kappa shape index (κ3) is 4.41. The summed E-state index contributed by atoms with van der Waals surface area (Å²) in [6.07, 6.45) is 4.54. The van der Waals surface area contributed by atoms with Crippen molar-refractivity contribution in [2.24, 2.45) is 5.92 Å². The number of nitrogens with one attached hydrogen (secondary N) is 1. The molecule has 1 saturated heterocycles. The highest BCUT2D eigenvalue weighted by molar-refractivity contribution is 5.91. The van der Waals surface area contributed by atoms with Crippen molar-refractivity contribution in [2.75, 3.05) is 32.4 Å². The van der Waals surface area contributed by atoms with Gasteiger partial charge in [0.25, 0.3) is 0 Å². The second-order valence-electron chi connectivity index (χ2n) is 5.16. The molecule has 1 amide bonds. The van der Waals surface area contributed by atoms with Crippen LogP contribution in [0, 0.1) is 5.92 Å². The molecule has 19 heavy (non-hydrogen) atoms. The van der Waals surface area contributed by atoms with Crippen LogP contribution < -0.4 is 11.1 Å². The molecule has 0 bridgehead atoms. The maximum absolute atomic E-state index is 11.7. The number of nitrogen functional groups attached to an aromatic ring is 1. The van der Waals surface area contributed by atoms with Crippen molar-refractivity contribution in [2.45, 2.75) is 6.42 Å². The summed E-state index contributed by atoms with van der Waals surface area (Å²) in [5.41, 5.74) is 7.31. The van der Waals surface area contributed by atoms with Crippen molar-refractivity contribution in [1.29, 1.82) is 0 Å². The quantitative estimate of drug-likeness (QED) is 0.634. The smallest absolute Gasteiger partial charge is 0.244 e. The van der Waals surface area contributed by atoms with Crippen LogP contribution in [0.5, 0.6) is 0 Å². The van der Waals surface area contributed by atoms with E-state index in [1.165, 1.54) is 6.42 Å². The number of nitrogens with zero attached hydrogens (tertiary/aromatic N) is 1. The van der Waals surface area contributed by atoms with Crippen molar-refractivity contribution in [3.05, 3.63) is 35.9 Å². The zero-order valence-electron chi connectivity index (χ0n) is 11.3. The van der Waals surface area contributed by atoms with Gasteiger partial charge in [-0.15, -0.1) is 0 Å². The standard InChI is InChI=1S/C15H21N3O/c1-18-9-8-13(11-18)10-17-15(19)7-4-12-2-5-14(16)6-3-12/h2-7,13H,8-11,16H2,1H3,(H,17,19)/b7-4+. The highest BCUT2D eigenvalue weighted by Crippen LogP contribution is 2.12. The van der Waals surface area contributed by atoms with Gasteiger partial charge in [-0.1, -0.05) is 12.1 Å². The molecule has 0 spiro atoms. The van der Waals surface area contributed by atoms with Gasteiger partial charge in [0, 0.05) is 24.9 Å². The minimum Gasteiger partial charge on any atom is -0.399 e. The van der Waals surface area contributed by atoms with E-state index in [0.717, 1.165) is 30.9 Å². The van der Waals surface area contributed by atoms with E-state index >= 15 is 0 Å². The number of carbonyl (C=O) groups excluding carboxylic acids is 1. The Morgan fingerprint density at radius 2 is 2.21 bits per heavy atom. The van der Waals surface area contributed by atoms with Crippen LogP contribution in [0.15, 0.2) is 30.3 Å². The van der Waals surface area contributed by atoms with Crippen LogP contribution >= 0.6 is 0 Å². The van der Waals surface area contributed by atoms with Crippen LogP contribution in [0.1, 0.15) is 12.0 Å². The van der Waals surface area contributed by atoms with Gasteiger partial charge in [-0.3, -0.25) is 4.79 Å². The molecule has 1 aromatic carbocycles. The first kappa shape index (κ1) is 13.6. The number of likely N-dealkylation sites (tertiary alicyclic amines) is 1. The summed E-state index contributed by atoms with van der Waals surface area (Å²) in [6, 6.07) is 7.44. The molecule has 0 aliphatic carbocycles. The summed E-state index contributed by atoms with van der Waals surface area (Å²) in [6.45, 7) is 2.96. The third-order valence-electron chi connectivity index (χ3n) is 3.42. The summed E-state index contributed by atoms with van der Waals surface area (Å²) in [5.74, 6) is 0.547. The lowest BCUT2D eigenvalue weighted by atomic mass is 10.1. The zero-order valence-corrected chi connectivity index (χ0v) is 11.3. The summed E-state index contributed by atoms with van der Waals surface area (Å²) in [7, 11) is 2.11. The monoisotopic (exact) mass is 259 g/mol. The number of carbonyl (C=O) groups is 1. The topological polar surface area (TPSA) is 58.4 Å². The van der Waals surface area contributed by atoms with Gasteiger partial charge in [-0.2, -0.15) is 0 Å². The van der Waals surface area contributed by atoms with Crippen LogP contribution in [-0.2, 0) is 4.79 Å². The summed E-state index contributed by atoms with van der Waals surface area (Å²) < 4.78 is 0. The molecule has 1 aromatic rings. The van der Waals surface area contributed by atoms with Gasteiger partial charge < -0.3 is 16.0 Å². The molecule has 1 fully saturated rings. The van der Waals surface area contributed by atoms with Gasteiger partial charge in [0.1, 0.15) is 0 Å². The minimum atomic E-state index is -0.0358. The largest absolute Gasteiger partial charge is 0.399 e. The lowest BCUT2D eigenvalue weighted by Crippen LogP contribution is -2.29. The fraction of sp³-hybridized carbons (Fsp3) is 0.400. The summed E-state index contributed by atoms with van der Waals surface area (Å²) >= 11 is 0. The first-order chi connectivity index (χ1) is 9.13. The molecule has 3 N–H and O–H groups in total. The molecule has 1 atom stereocenters. The predicted molar refractivity (Wildman–Crippen MR) is 78.5 cm³/mol. The van der Waals surface area contributed by atoms with E-state index in [2.05, 4.69) is 17.3 Å². The molecule has 4 nitrogen and oxygen atoms in total. The van der Waals surface area contributed by atoms with Gasteiger partial charge in [0.2, 0.25) is 5.91 Å². The second kappa shape index (κ2) is 6.38. The van der Waals surface area contributed by atoms with Crippen molar-refractivity contribution < 1.29 is 4.79 Å². The lowest BCUT2D eigenvalue weighted by Gasteiger charge is -2.10. The van der Waals surface area contributed by atoms with Crippen LogP contribution in [0.2, 0.25) is 0 Å². The van der Waals surface area contributed by atoms with Crippen LogP contribution in [0.25, 0.3) is 6.08 Å². The highest BCUT2D eigenvalue weighted by Gasteiger charge is 2.19. The average molecular weight is 259 g/mol. The molecule has 1 heterocycles. The number of hydrogen-bond donors (Lipinski definition) is 2. The van der Waals surface area contributed by atoms with E-state index in [1.54, 1.807) is 12.2 Å². The fourth-order valence-electron chi connectivity index (χ4n) is 2.28. The molecular weight excluding hydrogens is 238 g/mol. The van der Waals surface area contributed by atoms with Gasteiger partial charge in [-0.05, 0) is 49.7 Å². The molecule has 1 aliphatic rings. The van der Waals surface area contributed by atoms with E-state index in [0.29, 0.717) is 5.92 Å². The number of rotatable bonds is 4. The van der Waals surface area contributed by atoms with E-state index in [4.69, 9.17) is 5.73 Å². The SMILES string of the molecule is CN1CCC(CNC(=O)/C=C/c2ccc(N)cc2)C1. The van der Waals surface area contributed by atoms with Crippen LogP contribution in [0.3, 0.4) is 0 Å². The van der Waals surface area contributed by atoms with Crippen LogP contribution in [0.4, 0.5) is 5.69 Å². The van der Waals surface area contributed by atoms with Crippen molar-refractivity contribution in [3.63, 3.8) is 0 Å². The predicted octanol–water partition coefficient (Wildman–Crippen LogP) is 1.35. The van der Waals surface area contributed by atoms with Crippen molar-refractivity contribution >= 4 is 17.7 Å². The minimum absolute atomic E-state index is 0.0358. The molecular formula is C15H21N3O. The maximum atomic E-state index is 11.7. The van der Waals surface area contributed by atoms with E-state index in [1.807, 2.05) is 24.3 Å². The number of nitrogens with two attached hydrogens (primary N) is 1. The normalized spacial score (nSPS) is 19.9. The van der Waals surface area contributed by atoms with Gasteiger partial charge in [-0.25, -0.2) is 0 Å². The lowest BCUT2D eigenvalue weighted by molar-refractivity contribution is -0.116. The van der Waals surface area contributed by atoms with Gasteiger partial charge >= 0.3 is 0 Å². The summed E-state index contributed by atoms with van der Waals surface area (Å²) in [4.78, 5) is 14.0. The Morgan fingerprint density at radius 3 is 2.84 bits per heavy atom. The number of benzene rings is 1. The Bertz CT molecular complexity index is 453. The molecule has 2 rings (SSSR count). The van der Waals surface area contributed by atoms with Crippen molar-refractivity contribution in [1.82, 2.24) is 10.2 Å². The first-order valence-corrected chi connectivity index (χ1v) is 6.63. The van der Waals surface area contributed by atoms with E-state index < -0.39 is 0 Å². The zero-order chi connectivity index (χ0) is 13.7. The second-order valence-corrected chi connectivity index (χ2v) is 5.16. The Kier molecular flexibility index (Phi) is 4.58. The van der Waals surface area contributed by atoms with Gasteiger partial charge in [0.05, 0.1) is 0 Å². The van der Waals surface area contributed by atoms with Crippen molar-refractivity contribution in [3.8, 4) is 0 Å². The third-order valence-corrected chi connectivity index (χ3v) is 3.42. The fourth-order valence-corrected chi connectivity index (χ4v) is 2.28. The Hall–Kier alpha value is -1.81. The molecule has 1 unspecified atom stereocenters. The van der Waals surface area contributed by atoms with Crippen LogP contribution in [-0.4, -0.2) is 37.5 Å². The maximum Gasteiger partial charge on any atom is 0.244 e. The molecule has 0 aromatic heterocycles. The average Bonchev–Trinajstić information content (AvgIpc) is 2.81. The highest BCUT2D eigenvalue weighted by atomic mass is 16.1. The number of amides is 1. The van der Waals surface area contributed by atoms with E-state index in [9.17, 15) is 4.79 Å². The number of anilines is 1. The number of hydrogen-bond acceptors (Lipinski definition) is 3.